The monoisotopic (exact) mass is 383 g/mol. The number of hydrogen-bond donors (Lipinski definition) is 1. The highest BCUT2D eigenvalue weighted by atomic mass is 16.5. The molecule has 152 valence electrons. The van der Waals surface area contributed by atoms with E-state index in [2.05, 4.69) is 35.1 Å². The Morgan fingerprint density at radius 2 is 2.14 bits per heavy atom. The van der Waals surface area contributed by atoms with Crippen LogP contribution in [0.5, 0.6) is 11.5 Å². The van der Waals surface area contributed by atoms with Crippen LogP contribution >= 0.6 is 0 Å². The molecule has 0 saturated carbocycles. The zero-order valence-electron chi connectivity index (χ0n) is 17.4. The van der Waals surface area contributed by atoms with Gasteiger partial charge in [0.15, 0.2) is 0 Å². The molecule has 0 bridgehead atoms. The minimum absolute atomic E-state index is 0.464. The van der Waals surface area contributed by atoms with Crippen molar-refractivity contribution in [1.82, 2.24) is 15.2 Å². The lowest BCUT2D eigenvalue weighted by Gasteiger charge is -2.35. The zero-order valence-corrected chi connectivity index (χ0v) is 17.4. The molecule has 2 heterocycles. The van der Waals surface area contributed by atoms with Gasteiger partial charge in [0, 0.05) is 30.9 Å². The number of likely N-dealkylation sites (tertiary alicyclic amines) is 1. The van der Waals surface area contributed by atoms with E-state index in [9.17, 15) is 0 Å². The van der Waals surface area contributed by atoms with E-state index in [1.807, 2.05) is 30.3 Å². The maximum Gasteiger partial charge on any atom is 0.130 e. The average molecular weight is 384 g/mol. The minimum Gasteiger partial charge on any atom is -0.497 e. The van der Waals surface area contributed by atoms with E-state index in [1.54, 1.807) is 13.3 Å². The van der Waals surface area contributed by atoms with Crippen LogP contribution in [0.3, 0.4) is 0 Å². The SMILES string of the molecule is COc1ccc(OCc2ccccn2)c(CNCC2CCCN(C(C)C)C2)c1. The summed E-state index contributed by atoms with van der Waals surface area (Å²) in [7, 11) is 1.70. The second-order valence-corrected chi connectivity index (χ2v) is 7.81. The maximum absolute atomic E-state index is 6.05. The number of ether oxygens (including phenoxy) is 2. The molecule has 1 aliphatic rings. The van der Waals surface area contributed by atoms with Gasteiger partial charge in [-0.15, -0.1) is 0 Å². The van der Waals surface area contributed by atoms with Crippen molar-refractivity contribution in [3.63, 3.8) is 0 Å². The van der Waals surface area contributed by atoms with Crippen LogP contribution in [0.2, 0.25) is 0 Å². The van der Waals surface area contributed by atoms with Crippen LogP contribution in [0, 0.1) is 5.92 Å². The molecule has 1 aromatic heterocycles. The van der Waals surface area contributed by atoms with E-state index in [0.717, 1.165) is 35.8 Å². The predicted octanol–water partition coefficient (Wildman–Crippen LogP) is 3.88. The lowest BCUT2D eigenvalue weighted by atomic mass is 9.97. The van der Waals surface area contributed by atoms with Gasteiger partial charge in [-0.05, 0) is 76.0 Å². The molecule has 1 unspecified atom stereocenters. The number of rotatable bonds is 9. The second kappa shape index (κ2) is 10.4. The fraction of sp³-hybridized carbons (Fsp3) is 0.522. The molecule has 1 aromatic carbocycles. The van der Waals surface area contributed by atoms with Gasteiger partial charge in [0.05, 0.1) is 12.8 Å². The molecule has 1 aliphatic heterocycles. The number of nitrogens with zero attached hydrogens (tertiary/aromatic N) is 2. The van der Waals surface area contributed by atoms with Crippen molar-refractivity contribution in [2.45, 2.75) is 45.9 Å². The van der Waals surface area contributed by atoms with Gasteiger partial charge >= 0.3 is 0 Å². The number of aromatic nitrogens is 1. The Bertz CT molecular complexity index is 721. The number of methoxy groups -OCH3 is 1. The first kappa shape index (κ1) is 20.6. The minimum atomic E-state index is 0.464. The van der Waals surface area contributed by atoms with Crippen molar-refractivity contribution in [3.8, 4) is 11.5 Å². The highest BCUT2D eigenvalue weighted by molar-refractivity contribution is 5.40. The van der Waals surface area contributed by atoms with Gasteiger partial charge in [0.2, 0.25) is 0 Å². The number of hydrogen-bond acceptors (Lipinski definition) is 5. The molecule has 0 amide bonds. The Kier molecular flexibility index (Phi) is 7.69. The van der Waals surface area contributed by atoms with Crippen LogP contribution in [0.25, 0.3) is 0 Å². The molecule has 0 aliphatic carbocycles. The third-order valence-electron chi connectivity index (χ3n) is 5.40. The van der Waals surface area contributed by atoms with Crippen LogP contribution in [0.1, 0.15) is 37.9 Å². The second-order valence-electron chi connectivity index (χ2n) is 7.81. The fourth-order valence-electron chi connectivity index (χ4n) is 3.74. The summed E-state index contributed by atoms with van der Waals surface area (Å²) in [6, 6.07) is 12.5. The zero-order chi connectivity index (χ0) is 19.8. The van der Waals surface area contributed by atoms with E-state index < -0.39 is 0 Å². The van der Waals surface area contributed by atoms with Gasteiger partial charge in [-0.1, -0.05) is 6.07 Å². The summed E-state index contributed by atoms with van der Waals surface area (Å²) in [6.45, 7) is 9.26. The molecular formula is C23H33N3O2. The molecule has 0 radical (unpaired) electrons. The topological polar surface area (TPSA) is 46.6 Å². The van der Waals surface area contributed by atoms with Gasteiger partial charge in [-0.3, -0.25) is 4.98 Å². The summed E-state index contributed by atoms with van der Waals surface area (Å²) in [5, 5.41) is 3.64. The molecule has 1 fully saturated rings. The summed E-state index contributed by atoms with van der Waals surface area (Å²) in [5.41, 5.74) is 2.04. The third kappa shape index (κ3) is 5.94. The van der Waals surface area contributed by atoms with Gasteiger partial charge < -0.3 is 19.7 Å². The summed E-state index contributed by atoms with van der Waals surface area (Å²) >= 11 is 0. The van der Waals surface area contributed by atoms with Gasteiger partial charge in [-0.25, -0.2) is 0 Å². The molecule has 28 heavy (non-hydrogen) atoms. The first-order valence-electron chi connectivity index (χ1n) is 10.3. The highest BCUT2D eigenvalue weighted by Crippen LogP contribution is 2.25. The van der Waals surface area contributed by atoms with Crippen molar-refractivity contribution in [2.75, 3.05) is 26.7 Å². The average Bonchev–Trinajstić information content (AvgIpc) is 2.73. The van der Waals surface area contributed by atoms with Crippen molar-refractivity contribution in [1.29, 1.82) is 0 Å². The van der Waals surface area contributed by atoms with Crippen LogP contribution in [0.15, 0.2) is 42.6 Å². The lowest BCUT2D eigenvalue weighted by Crippen LogP contribution is -2.42. The largest absolute Gasteiger partial charge is 0.497 e. The lowest BCUT2D eigenvalue weighted by molar-refractivity contribution is 0.138. The van der Waals surface area contributed by atoms with Gasteiger partial charge in [0.1, 0.15) is 18.1 Å². The molecular weight excluding hydrogens is 350 g/mol. The molecule has 3 rings (SSSR count). The van der Waals surface area contributed by atoms with Crippen molar-refractivity contribution < 1.29 is 9.47 Å². The summed E-state index contributed by atoms with van der Waals surface area (Å²) in [6.07, 6.45) is 4.39. The quantitative estimate of drug-likeness (QED) is 0.712. The Morgan fingerprint density at radius 1 is 1.25 bits per heavy atom. The maximum atomic E-state index is 6.05. The molecule has 1 saturated heterocycles. The summed E-state index contributed by atoms with van der Waals surface area (Å²) in [5.74, 6) is 2.44. The molecule has 1 N–H and O–H groups in total. The molecule has 5 heteroatoms. The van der Waals surface area contributed by atoms with E-state index in [0.29, 0.717) is 18.6 Å². The fourth-order valence-corrected chi connectivity index (χ4v) is 3.74. The van der Waals surface area contributed by atoms with E-state index >= 15 is 0 Å². The van der Waals surface area contributed by atoms with E-state index in [1.165, 1.54) is 25.9 Å². The normalized spacial score (nSPS) is 17.6. The number of nitrogens with one attached hydrogen (secondary N) is 1. The molecule has 0 spiro atoms. The third-order valence-corrected chi connectivity index (χ3v) is 5.40. The molecule has 2 aromatic rings. The van der Waals surface area contributed by atoms with Crippen LogP contribution in [-0.2, 0) is 13.2 Å². The van der Waals surface area contributed by atoms with Crippen LogP contribution in [0.4, 0.5) is 0 Å². The Hall–Kier alpha value is -2.11. The van der Waals surface area contributed by atoms with Crippen molar-refractivity contribution >= 4 is 0 Å². The standard InChI is InChI=1S/C23H33N3O2/c1-18(2)26-12-6-7-19(16-26)14-24-15-20-13-22(27-3)9-10-23(20)28-17-21-8-4-5-11-25-21/h4-5,8-11,13,18-19,24H,6-7,12,14-17H2,1-3H3. The summed E-state index contributed by atoms with van der Waals surface area (Å²) in [4.78, 5) is 6.92. The smallest absolute Gasteiger partial charge is 0.130 e. The molecule has 5 nitrogen and oxygen atoms in total. The highest BCUT2D eigenvalue weighted by Gasteiger charge is 2.21. The van der Waals surface area contributed by atoms with Crippen molar-refractivity contribution in [3.05, 3.63) is 53.9 Å². The number of piperidine rings is 1. The first-order valence-corrected chi connectivity index (χ1v) is 10.3. The summed E-state index contributed by atoms with van der Waals surface area (Å²) < 4.78 is 11.5. The van der Waals surface area contributed by atoms with E-state index in [-0.39, 0.29) is 0 Å². The number of pyridine rings is 1. The van der Waals surface area contributed by atoms with Gasteiger partial charge in [0.25, 0.3) is 0 Å². The van der Waals surface area contributed by atoms with Crippen molar-refractivity contribution in [2.24, 2.45) is 5.92 Å². The van der Waals surface area contributed by atoms with E-state index in [4.69, 9.17) is 9.47 Å². The Labute approximate surface area is 169 Å². The predicted molar refractivity (Wildman–Crippen MR) is 113 cm³/mol. The Balaban J connectivity index is 1.57. The first-order chi connectivity index (χ1) is 13.7. The molecule has 1 atom stereocenters. The van der Waals surface area contributed by atoms with Crippen LogP contribution in [-0.4, -0.2) is 42.7 Å². The van der Waals surface area contributed by atoms with Gasteiger partial charge in [-0.2, -0.15) is 0 Å². The number of benzene rings is 1. The Morgan fingerprint density at radius 3 is 2.89 bits per heavy atom. The van der Waals surface area contributed by atoms with Crippen LogP contribution < -0.4 is 14.8 Å².